The highest BCUT2D eigenvalue weighted by Gasteiger charge is 2.33. The van der Waals surface area contributed by atoms with Gasteiger partial charge in [0.05, 0.1) is 10.6 Å². The summed E-state index contributed by atoms with van der Waals surface area (Å²) in [6.45, 7) is 8.85. The van der Waals surface area contributed by atoms with Gasteiger partial charge in [0.2, 0.25) is 0 Å². The minimum absolute atomic E-state index is 0.262. The van der Waals surface area contributed by atoms with Crippen molar-refractivity contribution in [2.45, 2.75) is 58.3 Å². The number of anilines is 1. The lowest BCUT2D eigenvalue weighted by Gasteiger charge is -2.36. The lowest BCUT2D eigenvalue weighted by Crippen LogP contribution is -2.28. The molecule has 1 heterocycles. The molecule has 154 valence electrons. The second-order valence-electron chi connectivity index (χ2n) is 8.87. The number of furan rings is 1. The highest BCUT2D eigenvalue weighted by atomic mass is 32.2. The van der Waals surface area contributed by atoms with Crippen LogP contribution in [0, 0.1) is 18.3 Å². The van der Waals surface area contributed by atoms with E-state index in [4.69, 9.17) is 4.42 Å². The fourth-order valence-electron chi connectivity index (χ4n) is 4.29. The summed E-state index contributed by atoms with van der Waals surface area (Å²) in [5.74, 6) is 1.66. The molecule has 4 nitrogen and oxygen atoms in total. The van der Waals surface area contributed by atoms with E-state index >= 15 is 0 Å². The van der Waals surface area contributed by atoms with E-state index in [1.165, 1.54) is 5.56 Å². The number of fused-ring (bicyclic) bond motifs is 3. The molecule has 0 unspecified atom stereocenters. The summed E-state index contributed by atoms with van der Waals surface area (Å²) in [4.78, 5) is 0.262. The fourth-order valence-corrected chi connectivity index (χ4v) is 5.44. The van der Waals surface area contributed by atoms with Crippen LogP contribution in [-0.2, 0) is 22.9 Å². The minimum atomic E-state index is -3.63. The third kappa shape index (κ3) is 3.68. The smallest absolute Gasteiger partial charge is 0.261 e. The molecule has 29 heavy (non-hydrogen) atoms. The van der Waals surface area contributed by atoms with Crippen molar-refractivity contribution in [1.29, 1.82) is 0 Å². The number of hydrogen-bond donors (Lipinski definition) is 1. The highest BCUT2D eigenvalue weighted by Crippen LogP contribution is 2.43. The summed E-state index contributed by atoms with van der Waals surface area (Å²) in [5.41, 5.74) is 3.85. The molecule has 0 saturated carbocycles. The van der Waals surface area contributed by atoms with Crippen molar-refractivity contribution in [2.24, 2.45) is 11.3 Å². The van der Waals surface area contributed by atoms with Crippen molar-refractivity contribution in [3.63, 3.8) is 0 Å². The van der Waals surface area contributed by atoms with Gasteiger partial charge in [0.15, 0.2) is 0 Å². The van der Waals surface area contributed by atoms with E-state index in [0.29, 0.717) is 11.6 Å². The third-order valence-corrected chi connectivity index (χ3v) is 8.09. The molecular weight excluding hydrogens is 382 g/mol. The molecule has 0 amide bonds. The van der Waals surface area contributed by atoms with Gasteiger partial charge in [-0.15, -0.1) is 0 Å². The van der Waals surface area contributed by atoms with Crippen LogP contribution >= 0.6 is 0 Å². The first kappa shape index (κ1) is 20.0. The molecule has 1 N–H and O–H groups in total. The maximum Gasteiger partial charge on any atom is 0.261 e. The maximum absolute atomic E-state index is 12.8. The summed E-state index contributed by atoms with van der Waals surface area (Å²) in [6, 6.07) is 12.4. The molecule has 2 aromatic carbocycles. The zero-order chi connectivity index (χ0) is 20.8. The van der Waals surface area contributed by atoms with E-state index in [0.717, 1.165) is 48.0 Å². The van der Waals surface area contributed by atoms with Gasteiger partial charge in [0.1, 0.15) is 11.3 Å². The molecule has 0 bridgehead atoms. The average Bonchev–Trinajstić information content (AvgIpc) is 3.05. The molecule has 0 spiro atoms. The monoisotopic (exact) mass is 411 g/mol. The van der Waals surface area contributed by atoms with Crippen molar-refractivity contribution in [3.05, 3.63) is 59.4 Å². The predicted molar refractivity (Wildman–Crippen MR) is 118 cm³/mol. The van der Waals surface area contributed by atoms with Gasteiger partial charge in [-0.3, -0.25) is 4.72 Å². The van der Waals surface area contributed by atoms with E-state index in [1.807, 2.05) is 25.1 Å². The molecule has 1 aliphatic carbocycles. The van der Waals surface area contributed by atoms with Gasteiger partial charge in [-0.2, -0.15) is 0 Å². The van der Waals surface area contributed by atoms with Crippen molar-refractivity contribution in [1.82, 2.24) is 0 Å². The summed E-state index contributed by atoms with van der Waals surface area (Å²) in [6.07, 6.45) is 4.21. The Balaban J connectivity index is 1.73. The SMILES string of the molecule is CCC(C)(C)[C@@H]1CCc2oc3cc(C)c(NS(=O)(=O)c4ccccc4)cc3c2C1. The Kier molecular flexibility index (Phi) is 4.97. The Bertz CT molecular complexity index is 1140. The van der Waals surface area contributed by atoms with Crippen LogP contribution in [0.2, 0.25) is 0 Å². The Hall–Kier alpha value is -2.27. The van der Waals surface area contributed by atoms with Crippen LogP contribution in [0.15, 0.2) is 51.8 Å². The molecule has 3 aromatic rings. The zero-order valence-corrected chi connectivity index (χ0v) is 18.4. The first-order valence-corrected chi connectivity index (χ1v) is 11.8. The second-order valence-corrected chi connectivity index (χ2v) is 10.5. The zero-order valence-electron chi connectivity index (χ0n) is 17.6. The van der Waals surface area contributed by atoms with Crippen LogP contribution in [0.5, 0.6) is 0 Å². The lowest BCUT2D eigenvalue weighted by atomic mass is 9.69. The normalized spacial score (nSPS) is 17.3. The van der Waals surface area contributed by atoms with Crippen molar-refractivity contribution in [2.75, 3.05) is 4.72 Å². The van der Waals surface area contributed by atoms with Gasteiger partial charge < -0.3 is 4.42 Å². The van der Waals surface area contributed by atoms with Crippen LogP contribution in [0.4, 0.5) is 5.69 Å². The largest absolute Gasteiger partial charge is 0.461 e. The van der Waals surface area contributed by atoms with Gasteiger partial charge >= 0.3 is 0 Å². The Labute approximate surface area is 173 Å². The molecule has 0 aliphatic heterocycles. The third-order valence-electron chi connectivity index (χ3n) is 6.71. The molecule has 5 heteroatoms. The molecule has 0 radical (unpaired) electrons. The van der Waals surface area contributed by atoms with Crippen LogP contribution in [0.3, 0.4) is 0 Å². The summed E-state index contributed by atoms with van der Waals surface area (Å²) >= 11 is 0. The topological polar surface area (TPSA) is 59.3 Å². The Morgan fingerprint density at radius 1 is 1.17 bits per heavy atom. The van der Waals surface area contributed by atoms with Gasteiger partial charge in [0.25, 0.3) is 10.0 Å². The van der Waals surface area contributed by atoms with Crippen LogP contribution in [-0.4, -0.2) is 8.42 Å². The van der Waals surface area contributed by atoms with Crippen LogP contribution in [0.25, 0.3) is 11.0 Å². The van der Waals surface area contributed by atoms with E-state index in [-0.39, 0.29) is 10.3 Å². The first-order valence-electron chi connectivity index (χ1n) is 10.3. The van der Waals surface area contributed by atoms with E-state index in [2.05, 4.69) is 25.5 Å². The number of benzene rings is 2. The number of nitrogens with one attached hydrogen (secondary N) is 1. The summed E-state index contributed by atoms with van der Waals surface area (Å²) in [7, 11) is -3.63. The average molecular weight is 412 g/mol. The molecule has 1 atom stereocenters. The molecular formula is C24H29NO3S. The molecule has 1 aromatic heterocycles. The quantitative estimate of drug-likeness (QED) is 0.553. The van der Waals surface area contributed by atoms with Gasteiger partial charge in [-0.1, -0.05) is 45.4 Å². The standard InChI is InChI=1S/C24H29NO3S/c1-5-24(3,4)17-11-12-22-19(14-17)20-15-21(16(2)13-23(20)28-22)25-29(26,27)18-9-7-6-8-10-18/h6-10,13,15,17,25H,5,11-12,14H2,1-4H3/t17-/m1/s1. The van der Waals surface area contributed by atoms with Crippen LogP contribution in [0.1, 0.15) is 50.5 Å². The van der Waals surface area contributed by atoms with Crippen molar-refractivity contribution >= 4 is 26.7 Å². The number of hydrogen-bond acceptors (Lipinski definition) is 3. The first-order chi connectivity index (χ1) is 13.7. The lowest BCUT2D eigenvalue weighted by molar-refractivity contribution is 0.179. The Morgan fingerprint density at radius 2 is 1.90 bits per heavy atom. The van der Waals surface area contributed by atoms with Gasteiger partial charge in [-0.05, 0) is 60.9 Å². The van der Waals surface area contributed by atoms with Gasteiger partial charge in [-0.25, -0.2) is 8.42 Å². The fraction of sp³-hybridized carbons (Fsp3) is 0.417. The number of rotatable bonds is 5. The Morgan fingerprint density at radius 3 is 2.59 bits per heavy atom. The summed E-state index contributed by atoms with van der Waals surface area (Å²) in [5, 5.41) is 1.04. The molecule has 4 rings (SSSR count). The van der Waals surface area contributed by atoms with Crippen LogP contribution < -0.4 is 4.72 Å². The van der Waals surface area contributed by atoms with E-state index in [9.17, 15) is 8.42 Å². The summed E-state index contributed by atoms with van der Waals surface area (Å²) < 4.78 is 34.5. The predicted octanol–water partition coefficient (Wildman–Crippen LogP) is 6.08. The minimum Gasteiger partial charge on any atom is -0.461 e. The highest BCUT2D eigenvalue weighted by molar-refractivity contribution is 7.92. The molecule has 0 fully saturated rings. The van der Waals surface area contributed by atoms with E-state index < -0.39 is 10.0 Å². The maximum atomic E-state index is 12.8. The molecule has 1 aliphatic rings. The van der Waals surface area contributed by atoms with Crippen molar-refractivity contribution in [3.8, 4) is 0 Å². The second kappa shape index (κ2) is 7.21. The van der Waals surface area contributed by atoms with Gasteiger partial charge in [0, 0.05) is 17.4 Å². The van der Waals surface area contributed by atoms with E-state index in [1.54, 1.807) is 24.3 Å². The molecule has 0 saturated heterocycles. The number of aryl methyl sites for hydroxylation is 2. The number of sulfonamides is 1. The van der Waals surface area contributed by atoms with Crippen molar-refractivity contribution < 1.29 is 12.8 Å².